The van der Waals surface area contributed by atoms with E-state index in [1.54, 1.807) is 12.1 Å². The van der Waals surface area contributed by atoms with Crippen LogP contribution in [0.2, 0.25) is 0 Å². The third-order valence-electron chi connectivity index (χ3n) is 2.61. The van der Waals surface area contributed by atoms with Crippen LogP contribution in [0.15, 0.2) is 36.4 Å². The van der Waals surface area contributed by atoms with Crippen molar-refractivity contribution in [3.05, 3.63) is 53.3 Å². The van der Waals surface area contributed by atoms with Gasteiger partial charge in [0.15, 0.2) is 0 Å². The maximum atomic E-state index is 13.6. The Balaban J connectivity index is 2.15. The van der Waals surface area contributed by atoms with Crippen LogP contribution in [0.1, 0.15) is 11.1 Å². The summed E-state index contributed by atoms with van der Waals surface area (Å²) in [5, 5.41) is 18.0. The molecule has 0 amide bonds. The highest BCUT2D eigenvalue weighted by Gasteiger charge is 2.08. The normalized spacial score (nSPS) is 9.89. The highest BCUT2D eigenvalue weighted by atomic mass is 19.1. The van der Waals surface area contributed by atoms with E-state index in [2.05, 4.69) is 0 Å². The van der Waals surface area contributed by atoms with Crippen LogP contribution >= 0.6 is 0 Å². The molecule has 0 fully saturated rings. The maximum absolute atomic E-state index is 13.6. The number of benzene rings is 2. The molecule has 0 radical (unpaired) electrons. The van der Waals surface area contributed by atoms with Gasteiger partial charge in [-0.3, -0.25) is 0 Å². The summed E-state index contributed by atoms with van der Waals surface area (Å²) in [5.41, 5.74) is 6.28. The fourth-order valence-corrected chi connectivity index (χ4v) is 1.55. The molecule has 96 valence electrons. The lowest BCUT2D eigenvalue weighted by molar-refractivity contribution is 0.300. The molecule has 0 saturated heterocycles. The Bertz CT molecular complexity index is 650. The fourth-order valence-electron chi connectivity index (χ4n) is 1.55. The second-order valence-corrected chi connectivity index (χ2v) is 3.90. The average Bonchev–Trinajstić information content (AvgIpc) is 2.41. The van der Waals surface area contributed by atoms with Crippen molar-refractivity contribution in [2.45, 2.75) is 6.61 Å². The first-order valence-corrected chi connectivity index (χ1v) is 5.50. The standard InChI is InChI=1S/C14H11FN2O2/c15-11-6-9(7-16)4-5-10(11)8-19-13-3-1-2-12(18)14(13)17/h1-6,18H,8,17H2. The average molecular weight is 258 g/mol. The monoisotopic (exact) mass is 258 g/mol. The first kappa shape index (κ1) is 12.7. The van der Waals surface area contributed by atoms with Crippen LogP contribution in [0, 0.1) is 17.1 Å². The van der Waals surface area contributed by atoms with Crippen LogP contribution in [0.3, 0.4) is 0 Å². The molecule has 5 heteroatoms. The fraction of sp³-hybridized carbons (Fsp3) is 0.0714. The molecule has 0 aromatic heterocycles. The van der Waals surface area contributed by atoms with Gasteiger partial charge >= 0.3 is 0 Å². The lowest BCUT2D eigenvalue weighted by Crippen LogP contribution is -2.01. The number of hydrogen-bond donors (Lipinski definition) is 2. The number of nitrogens with two attached hydrogens (primary N) is 1. The minimum Gasteiger partial charge on any atom is -0.506 e. The number of rotatable bonds is 3. The summed E-state index contributed by atoms with van der Waals surface area (Å²) in [4.78, 5) is 0. The van der Waals surface area contributed by atoms with Crippen LogP contribution in [0.25, 0.3) is 0 Å². The topological polar surface area (TPSA) is 79.3 Å². The number of nitrogen functional groups attached to an aromatic ring is 1. The quantitative estimate of drug-likeness (QED) is 0.655. The SMILES string of the molecule is N#Cc1ccc(COc2cccc(O)c2N)c(F)c1. The van der Waals surface area contributed by atoms with Gasteiger partial charge in [-0.2, -0.15) is 5.26 Å². The second-order valence-electron chi connectivity index (χ2n) is 3.90. The largest absolute Gasteiger partial charge is 0.506 e. The zero-order valence-electron chi connectivity index (χ0n) is 9.93. The van der Waals surface area contributed by atoms with E-state index in [0.29, 0.717) is 5.56 Å². The zero-order chi connectivity index (χ0) is 13.8. The van der Waals surface area contributed by atoms with Crippen LogP contribution in [0.5, 0.6) is 11.5 Å². The summed E-state index contributed by atoms with van der Waals surface area (Å²) < 4.78 is 19.0. The number of hydrogen-bond acceptors (Lipinski definition) is 4. The molecule has 0 aliphatic carbocycles. The van der Waals surface area contributed by atoms with Crippen molar-refractivity contribution < 1.29 is 14.2 Å². The van der Waals surface area contributed by atoms with E-state index in [1.807, 2.05) is 6.07 Å². The summed E-state index contributed by atoms with van der Waals surface area (Å²) in [6, 6.07) is 10.6. The zero-order valence-corrected chi connectivity index (χ0v) is 9.93. The molecule has 0 aliphatic rings. The second kappa shape index (κ2) is 5.27. The molecule has 0 heterocycles. The molecule has 2 aromatic carbocycles. The van der Waals surface area contributed by atoms with E-state index < -0.39 is 5.82 Å². The first-order chi connectivity index (χ1) is 9.11. The minimum atomic E-state index is -0.516. The van der Waals surface area contributed by atoms with Gasteiger partial charge in [-0.15, -0.1) is 0 Å². The molecule has 0 atom stereocenters. The van der Waals surface area contributed by atoms with Gasteiger partial charge < -0.3 is 15.6 Å². The molecule has 0 spiro atoms. The third kappa shape index (κ3) is 2.75. The molecule has 2 rings (SSSR count). The summed E-state index contributed by atoms with van der Waals surface area (Å²) in [6.07, 6.45) is 0. The number of phenols is 1. The minimum absolute atomic E-state index is 0.0365. The number of phenolic OH excluding ortho intramolecular Hbond substituents is 1. The highest BCUT2D eigenvalue weighted by molar-refractivity contribution is 5.61. The third-order valence-corrected chi connectivity index (χ3v) is 2.61. The Morgan fingerprint density at radius 1 is 1.32 bits per heavy atom. The Morgan fingerprint density at radius 3 is 2.79 bits per heavy atom. The Morgan fingerprint density at radius 2 is 2.11 bits per heavy atom. The first-order valence-electron chi connectivity index (χ1n) is 5.50. The number of anilines is 1. The number of ether oxygens (including phenoxy) is 1. The van der Waals surface area contributed by atoms with Gasteiger partial charge in [0.05, 0.1) is 11.6 Å². The maximum Gasteiger partial charge on any atom is 0.146 e. The number of nitrogens with zero attached hydrogens (tertiary/aromatic N) is 1. The highest BCUT2D eigenvalue weighted by Crippen LogP contribution is 2.30. The van der Waals surface area contributed by atoms with Crippen molar-refractivity contribution in [2.75, 3.05) is 5.73 Å². The van der Waals surface area contributed by atoms with Crippen molar-refractivity contribution in [3.8, 4) is 17.6 Å². The van der Waals surface area contributed by atoms with E-state index in [-0.39, 0.29) is 29.4 Å². The van der Waals surface area contributed by atoms with Gasteiger partial charge in [0.2, 0.25) is 0 Å². The Kier molecular flexibility index (Phi) is 3.53. The summed E-state index contributed by atoms with van der Waals surface area (Å²) in [6.45, 7) is -0.0365. The van der Waals surface area contributed by atoms with Crippen molar-refractivity contribution in [1.82, 2.24) is 0 Å². The number of aromatic hydroxyl groups is 1. The van der Waals surface area contributed by atoms with Crippen molar-refractivity contribution in [1.29, 1.82) is 5.26 Å². The van der Waals surface area contributed by atoms with E-state index in [1.165, 1.54) is 18.2 Å². The van der Waals surface area contributed by atoms with E-state index in [9.17, 15) is 9.50 Å². The molecular weight excluding hydrogens is 247 g/mol. The molecule has 3 N–H and O–H groups in total. The number of nitriles is 1. The van der Waals surface area contributed by atoms with Crippen LogP contribution in [-0.2, 0) is 6.61 Å². The van der Waals surface area contributed by atoms with Crippen molar-refractivity contribution in [2.24, 2.45) is 0 Å². The van der Waals surface area contributed by atoms with Crippen molar-refractivity contribution in [3.63, 3.8) is 0 Å². The summed E-state index contributed by atoms with van der Waals surface area (Å²) in [7, 11) is 0. The molecule has 4 nitrogen and oxygen atoms in total. The Hall–Kier alpha value is -2.74. The van der Waals surface area contributed by atoms with Crippen LogP contribution in [-0.4, -0.2) is 5.11 Å². The van der Waals surface area contributed by atoms with Crippen molar-refractivity contribution >= 4 is 5.69 Å². The number of para-hydroxylation sites is 1. The lowest BCUT2D eigenvalue weighted by Gasteiger charge is -2.10. The molecule has 0 saturated carbocycles. The van der Waals surface area contributed by atoms with Gasteiger partial charge in [-0.1, -0.05) is 12.1 Å². The van der Waals surface area contributed by atoms with E-state index in [4.69, 9.17) is 15.7 Å². The number of halogens is 1. The molecule has 2 aromatic rings. The smallest absolute Gasteiger partial charge is 0.146 e. The molecule has 0 aliphatic heterocycles. The lowest BCUT2D eigenvalue weighted by atomic mass is 10.1. The van der Waals surface area contributed by atoms with Gasteiger partial charge in [0.1, 0.15) is 29.6 Å². The molecule has 0 unspecified atom stereocenters. The molecule has 19 heavy (non-hydrogen) atoms. The van der Waals surface area contributed by atoms with Gasteiger partial charge in [0.25, 0.3) is 0 Å². The predicted molar refractivity (Wildman–Crippen MR) is 68.0 cm³/mol. The Labute approximate surface area is 109 Å². The molecular formula is C14H11FN2O2. The van der Waals surface area contributed by atoms with Gasteiger partial charge in [-0.05, 0) is 24.3 Å². The summed E-state index contributed by atoms with van der Waals surface area (Å²) >= 11 is 0. The van der Waals surface area contributed by atoms with E-state index >= 15 is 0 Å². The van der Waals surface area contributed by atoms with Gasteiger partial charge in [-0.25, -0.2) is 4.39 Å². The van der Waals surface area contributed by atoms with E-state index in [0.717, 1.165) is 6.07 Å². The van der Waals surface area contributed by atoms with Crippen LogP contribution in [0.4, 0.5) is 10.1 Å². The summed E-state index contributed by atoms with van der Waals surface area (Å²) in [5.74, 6) is -0.320. The van der Waals surface area contributed by atoms with Gasteiger partial charge in [0, 0.05) is 5.56 Å². The predicted octanol–water partition coefficient (Wildman–Crippen LogP) is 2.56. The molecule has 0 bridgehead atoms. The van der Waals surface area contributed by atoms with Crippen LogP contribution < -0.4 is 10.5 Å².